The molecule has 0 saturated heterocycles. The predicted molar refractivity (Wildman–Crippen MR) is 108 cm³/mol. The van der Waals surface area contributed by atoms with E-state index in [-0.39, 0.29) is 29.4 Å². The summed E-state index contributed by atoms with van der Waals surface area (Å²) >= 11 is 12.5. The van der Waals surface area contributed by atoms with Crippen molar-refractivity contribution in [2.45, 2.75) is 32.5 Å². The molecule has 1 aromatic carbocycles. The SMILES string of the molecule is Cc1cc(C(F)(F)F)cc2c1cc(Cc1c(Cl)cn(CCC(=O)O)c(=O)c1Cl)n2C. The number of alkyl halides is 3. The van der Waals surface area contributed by atoms with Crippen molar-refractivity contribution in [3.05, 3.63) is 67.2 Å². The number of carboxylic acids is 1. The first kappa shape index (κ1) is 22.2. The van der Waals surface area contributed by atoms with E-state index in [9.17, 15) is 22.8 Å². The van der Waals surface area contributed by atoms with Crippen LogP contribution in [0.3, 0.4) is 0 Å². The van der Waals surface area contributed by atoms with Crippen LogP contribution < -0.4 is 5.56 Å². The number of aliphatic carboxylic acids is 1. The standard InChI is InChI=1S/C20H17Cl2F3N2O3/c1-10-5-11(20(23,24)25)6-16-13(10)7-12(26(16)2)8-14-15(21)9-27(4-3-17(28)29)19(30)18(14)22/h5-7,9H,3-4,8H2,1-2H3,(H,28,29). The molecule has 0 atom stereocenters. The molecule has 1 N–H and O–H groups in total. The van der Waals surface area contributed by atoms with Crippen LogP contribution in [0.1, 0.15) is 28.8 Å². The lowest BCUT2D eigenvalue weighted by atomic mass is 10.1. The van der Waals surface area contributed by atoms with Gasteiger partial charge in [0.2, 0.25) is 0 Å². The number of fused-ring (bicyclic) bond motifs is 1. The van der Waals surface area contributed by atoms with Gasteiger partial charge < -0.3 is 14.2 Å². The maximum absolute atomic E-state index is 13.2. The van der Waals surface area contributed by atoms with E-state index in [1.54, 1.807) is 24.6 Å². The minimum Gasteiger partial charge on any atom is -0.481 e. The molecule has 5 nitrogen and oxygen atoms in total. The van der Waals surface area contributed by atoms with Crippen LogP contribution in [0.15, 0.2) is 29.2 Å². The highest BCUT2D eigenvalue weighted by molar-refractivity contribution is 6.35. The van der Waals surface area contributed by atoms with E-state index in [1.807, 2.05) is 0 Å². The highest BCUT2D eigenvalue weighted by Crippen LogP contribution is 2.35. The molecule has 0 saturated carbocycles. The Kier molecular flexibility index (Phi) is 5.93. The normalized spacial score (nSPS) is 12.0. The number of aromatic nitrogens is 2. The number of halogens is 5. The highest BCUT2D eigenvalue weighted by Gasteiger charge is 2.31. The second kappa shape index (κ2) is 8.00. The van der Waals surface area contributed by atoms with E-state index in [2.05, 4.69) is 0 Å². The summed E-state index contributed by atoms with van der Waals surface area (Å²) in [4.78, 5) is 23.2. The van der Waals surface area contributed by atoms with E-state index in [0.29, 0.717) is 27.7 Å². The van der Waals surface area contributed by atoms with E-state index >= 15 is 0 Å². The van der Waals surface area contributed by atoms with Gasteiger partial charge in [0, 0.05) is 48.4 Å². The third-order valence-corrected chi connectivity index (χ3v) is 5.71. The fourth-order valence-electron chi connectivity index (χ4n) is 3.36. The van der Waals surface area contributed by atoms with Gasteiger partial charge in [-0.05, 0) is 30.7 Å². The topological polar surface area (TPSA) is 64.2 Å². The first-order valence-corrected chi connectivity index (χ1v) is 9.61. The van der Waals surface area contributed by atoms with Crippen molar-refractivity contribution in [1.82, 2.24) is 9.13 Å². The summed E-state index contributed by atoms with van der Waals surface area (Å²) in [5.41, 5.74) is 0.514. The lowest BCUT2D eigenvalue weighted by Gasteiger charge is -2.12. The molecule has 3 aromatic rings. The lowest BCUT2D eigenvalue weighted by molar-refractivity contribution is -0.138. The lowest BCUT2D eigenvalue weighted by Crippen LogP contribution is -2.23. The van der Waals surface area contributed by atoms with Crippen LogP contribution in [0.2, 0.25) is 10.0 Å². The molecule has 0 radical (unpaired) electrons. The molecule has 2 aromatic heterocycles. The van der Waals surface area contributed by atoms with Crippen molar-refractivity contribution in [2.24, 2.45) is 7.05 Å². The summed E-state index contributed by atoms with van der Waals surface area (Å²) < 4.78 is 42.2. The summed E-state index contributed by atoms with van der Waals surface area (Å²) in [7, 11) is 1.63. The van der Waals surface area contributed by atoms with Gasteiger partial charge >= 0.3 is 12.1 Å². The first-order chi connectivity index (χ1) is 13.9. The zero-order valence-electron chi connectivity index (χ0n) is 16.0. The van der Waals surface area contributed by atoms with Crippen LogP contribution in [-0.2, 0) is 31.0 Å². The maximum Gasteiger partial charge on any atom is 0.416 e. The molecular formula is C20H17Cl2F3N2O3. The molecule has 0 amide bonds. The molecule has 3 rings (SSSR count). The van der Waals surface area contributed by atoms with Gasteiger partial charge in [0.15, 0.2) is 0 Å². The van der Waals surface area contributed by atoms with Crippen molar-refractivity contribution in [2.75, 3.05) is 0 Å². The first-order valence-electron chi connectivity index (χ1n) is 8.85. The monoisotopic (exact) mass is 460 g/mol. The van der Waals surface area contributed by atoms with Gasteiger partial charge in [-0.15, -0.1) is 0 Å². The Morgan fingerprint density at radius 2 is 1.87 bits per heavy atom. The molecule has 0 bridgehead atoms. The van der Waals surface area contributed by atoms with Crippen LogP contribution in [0, 0.1) is 6.92 Å². The van der Waals surface area contributed by atoms with Crippen LogP contribution in [0.5, 0.6) is 0 Å². The third-order valence-electron chi connectivity index (χ3n) is 4.99. The Morgan fingerprint density at radius 3 is 2.47 bits per heavy atom. The Hall–Kier alpha value is -2.45. The number of nitrogens with zero attached hydrogens (tertiary/aromatic N) is 2. The van der Waals surface area contributed by atoms with Crippen molar-refractivity contribution >= 4 is 40.1 Å². The summed E-state index contributed by atoms with van der Waals surface area (Å²) in [6.07, 6.45) is -3.28. The number of hydrogen-bond acceptors (Lipinski definition) is 2. The summed E-state index contributed by atoms with van der Waals surface area (Å²) in [6, 6.07) is 3.92. The van der Waals surface area contributed by atoms with E-state index in [4.69, 9.17) is 28.3 Å². The zero-order valence-corrected chi connectivity index (χ0v) is 17.5. The molecule has 30 heavy (non-hydrogen) atoms. The second-order valence-corrected chi connectivity index (χ2v) is 7.79. The largest absolute Gasteiger partial charge is 0.481 e. The maximum atomic E-state index is 13.2. The van der Waals surface area contributed by atoms with Gasteiger partial charge in [-0.3, -0.25) is 9.59 Å². The number of hydrogen-bond donors (Lipinski definition) is 1. The molecule has 0 spiro atoms. The number of aryl methyl sites for hydroxylation is 3. The van der Waals surface area contributed by atoms with Gasteiger partial charge in [0.25, 0.3) is 5.56 Å². The smallest absolute Gasteiger partial charge is 0.416 e. The van der Waals surface area contributed by atoms with Crippen LogP contribution >= 0.6 is 23.2 Å². The highest BCUT2D eigenvalue weighted by atomic mass is 35.5. The van der Waals surface area contributed by atoms with Crippen LogP contribution in [-0.4, -0.2) is 20.2 Å². The minimum atomic E-state index is -4.46. The Labute approximate surface area is 179 Å². The quantitative estimate of drug-likeness (QED) is 0.579. The molecule has 10 heteroatoms. The molecule has 0 aliphatic rings. The number of rotatable bonds is 5. The van der Waals surface area contributed by atoms with Crippen molar-refractivity contribution in [1.29, 1.82) is 0 Å². The average molecular weight is 461 g/mol. The predicted octanol–water partition coefficient (Wildman–Crippen LogP) is 5.04. The Bertz CT molecular complexity index is 1210. The fraction of sp³-hybridized carbons (Fsp3) is 0.300. The summed E-state index contributed by atoms with van der Waals surface area (Å²) in [5.74, 6) is -1.07. The van der Waals surface area contributed by atoms with Gasteiger partial charge in [0.05, 0.1) is 17.0 Å². The van der Waals surface area contributed by atoms with E-state index < -0.39 is 23.3 Å². The minimum absolute atomic E-state index is 0.0820. The van der Waals surface area contributed by atoms with Crippen LogP contribution in [0.4, 0.5) is 13.2 Å². The second-order valence-electron chi connectivity index (χ2n) is 7.01. The van der Waals surface area contributed by atoms with E-state index in [0.717, 1.165) is 16.7 Å². The van der Waals surface area contributed by atoms with Gasteiger partial charge in [0.1, 0.15) is 5.02 Å². The van der Waals surface area contributed by atoms with Crippen molar-refractivity contribution in [3.8, 4) is 0 Å². The number of carbonyl (C=O) groups is 1. The molecule has 0 aliphatic heterocycles. The molecule has 0 fully saturated rings. The molecule has 160 valence electrons. The number of pyridine rings is 1. The Morgan fingerprint density at radius 1 is 1.20 bits per heavy atom. The average Bonchev–Trinajstić information content (AvgIpc) is 2.96. The third kappa shape index (κ3) is 4.20. The summed E-state index contributed by atoms with van der Waals surface area (Å²) in [5, 5.41) is 9.47. The van der Waals surface area contributed by atoms with Gasteiger partial charge in [-0.1, -0.05) is 23.2 Å². The van der Waals surface area contributed by atoms with Crippen LogP contribution in [0.25, 0.3) is 10.9 Å². The number of carboxylic acid groups (broad SMARTS) is 1. The fourth-order valence-corrected chi connectivity index (χ4v) is 3.96. The summed E-state index contributed by atoms with van der Waals surface area (Å²) in [6.45, 7) is 1.52. The van der Waals surface area contributed by atoms with Gasteiger partial charge in [-0.2, -0.15) is 13.2 Å². The zero-order chi connectivity index (χ0) is 22.4. The van der Waals surface area contributed by atoms with Crippen molar-refractivity contribution in [3.63, 3.8) is 0 Å². The molecule has 0 aliphatic carbocycles. The number of benzene rings is 1. The molecule has 2 heterocycles. The molecule has 0 unspecified atom stereocenters. The van der Waals surface area contributed by atoms with Crippen molar-refractivity contribution < 1.29 is 23.1 Å². The van der Waals surface area contributed by atoms with E-state index in [1.165, 1.54) is 6.20 Å². The molecular weight excluding hydrogens is 444 g/mol. The Balaban J connectivity index is 2.05. The van der Waals surface area contributed by atoms with Gasteiger partial charge in [-0.25, -0.2) is 0 Å².